The van der Waals surface area contributed by atoms with Crippen LogP contribution in [0, 0.1) is 5.82 Å². The lowest BCUT2D eigenvalue weighted by Gasteiger charge is -2.10. The molecule has 2 rings (SSSR count). The van der Waals surface area contributed by atoms with Crippen molar-refractivity contribution in [3.05, 3.63) is 35.8 Å². The number of pyridine rings is 1. The van der Waals surface area contributed by atoms with Gasteiger partial charge in [-0.25, -0.2) is 4.39 Å². The molecule has 2 aromatic rings. The molecule has 1 aromatic heterocycles. The summed E-state index contributed by atoms with van der Waals surface area (Å²) < 4.78 is 13.2. The maximum atomic E-state index is 13.2. The minimum Gasteiger partial charge on any atom is -0.385 e. The van der Waals surface area contributed by atoms with Crippen molar-refractivity contribution in [3.63, 3.8) is 0 Å². The zero-order valence-corrected chi connectivity index (χ0v) is 10.3. The molecular weight excluding hydrogens is 215 g/mol. The molecule has 3 heteroatoms. The van der Waals surface area contributed by atoms with Gasteiger partial charge in [0.2, 0.25) is 0 Å². The van der Waals surface area contributed by atoms with E-state index in [1.54, 1.807) is 6.07 Å². The summed E-state index contributed by atoms with van der Waals surface area (Å²) in [5.74, 6) is -0.235. The molecule has 0 aliphatic heterocycles. The Labute approximate surface area is 101 Å². The molecule has 90 valence electrons. The van der Waals surface area contributed by atoms with E-state index in [1.807, 2.05) is 0 Å². The van der Waals surface area contributed by atoms with Crippen molar-refractivity contribution in [2.24, 2.45) is 0 Å². The maximum Gasteiger partial charge on any atom is 0.125 e. The number of rotatable bonds is 4. The van der Waals surface area contributed by atoms with Gasteiger partial charge >= 0.3 is 0 Å². The number of benzene rings is 1. The van der Waals surface area contributed by atoms with Crippen LogP contribution in [0.2, 0.25) is 0 Å². The normalized spacial score (nSPS) is 10.8. The predicted molar refractivity (Wildman–Crippen MR) is 69.9 cm³/mol. The molecule has 0 aliphatic carbocycles. The van der Waals surface area contributed by atoms with Crippen LogP contribution in [0.25, 0.3) is 10.9 Å². The number of nitrogens with one attached hydrogen (secondary N) is 1. The fraction of sp³-hybridized carbons (Fsp3) is 0.357. The standard InChI is InChI=1S/C14H17FN2/c1-3-5-11-9-13(16-4-2)12-7-6-10(15)8-14(12)17-11/h6-9H,3-5H2,1-2H3,(H,16,17). The molecule has 0 aliphatic rings. The molecule has 0 unspecified atom stereocenters. The van der Waals surface area contributed by atoms with E-state index in [-0.39, 0.29) is 5.82 Å². The number of fused-ring (bicyclic) bond motifs is 1. The lowest BCUT2D eigenvalue weighted by atomic mass is 10.1. The van der Waals surface area contributed by atoms with Gasteiger partial charge in [-0.2, -0.15) is 0 Å². The van der Waals surface area contributed by atoms with Crippen LogP contribution in [-0.2, 0) is 6.42 Å². The molecule has 2 nitrogen and oxygen atoms in total. The van der Waals surface area contributed by atoms with Crippen molar-refractivity contribution in [1.82, 2.24) is 4.98 Å². The number of anilines is 1. The van der Waals surface area contributed by atoms with Crippen molar-refractivity contribution >= 4 is 16.6 Å². The second-order valence-electron chi connectivity index (χ2n) is 4.10. The molecule has 0 amide bonds. The Balaban J connectivity index is 2.58. The molecule has 0 spiro atoms. The smallest absolute Gasteiger partial charge is 0.125 e. The molecule has 0 saturated carbocycles. The third-order valence-corrected chi connectivity index (χ3v) is 2.70. The summed E-state index contributed by atoms with van der Waals surface area (Å²) in [6.45, 7) is 5.02. The minimum absolute atomic E-state index is 0.235. The Morgan fingerprint density at radius 3 is 2.76 bits per heavy atom. The molecule has 17 heavy (non-hydrogen) atoms. The summed E-state index contributed by atoms with van der Waals surface area (Å²) in [6.07, 6.45) is 1.96. The van der Waals surface area contributed by atoms with Crippen molar-refractivity contribution in [1.29, 1.82) is 0 Å². The van der Waals surface area contributed by atoms with Gasteiger partial charge in [-0.05, 0) is 31.5 Å². The zero-order chi connectivity index (χ0) is 12.3. The van der Waals surface area contributed by atoms with E-state index >= 15 is 0 Å². The SMILES string of the molecule is CCCc1cc(NCC)c2ccc(F)cc2n1. The number of halogens is 1. The largest absolute Gasteiger partial charge is 0.385 e. The van der Waals surface area contributed by atoms with Gasteiger partial charge in [0.1, 0.15) is 5.82 Å². The van der Waals surface area contributed by atoms with E-state index in [4.69, 9.17) is 0 Å². The van der Waals surface area contributed by atoms with E-state index in [1.165, 1.54) is 12.1 Å². The summed E-state index contributed by atoms with van der Waals surface area (Å²) in [5, 5.41) is 4.29. The number of hydrogen-bond donors (Lipinski definition) is 1. The first-order valence-electron chi connectivity index (χ1n) is 6.07. The summed E-state index contributed by atoms with van der Waals surface area (Å²) in [5.41, 5.74) is 2.79. The Morgan fingerprint density at radius 1 is 1.24 bits per heavy atom. The van der Waals surface area contributed by atoms with Crippen LogP contribution < -0.4 is 5.32 Å². The fourth-order valence-electron chi connectivity index (χ4n) is 1.98. The highest BCUT2D eigenvalue weighted by molar-refractivity contribution is 5.91. The third-order valence-electron chi connectivity index (χ3n) is 2.70. The van der Waals surface area contributed by atoms with E-state index in [0.29, 0.717) is 0 Å². The van der Waals surface area contributed by atoms with Crippen LogP contribution in [0.1, 0.15) is 26.0 Å². The fourth-order valence-corrected chi connectivity index (χ4v) is 1.98. The lowest BCUT2D eigenvalue weighted by molar-refractivity contribution is 0.629. The van der Waals surface area contributed by atoms with Gasteiger partial charge < -0.3 is 5.32 Å². The van der Waals surface area contributed by atoms with Gasteiger partial charge in [-0.1, -0.05) is 13.3 Å². The van der Waals surface area contributed by atoms with E-state index in [0.717, 1.165) is 41.7 Å². The second kappa shape index (κ2) is 5.13. The monoisotopic (exact) mass is 232 g/mol. The van der Waals surface area contributed by atoms with Crippen molar-refractivity contribution in [2.45, 2.75) is 26.7 Å². The Bertz CT molecular complexity index is 523. The van der Waals surface area contributed by atoms with Crippen molar-refractivity contribution in [3.8, 4) is 0 Å². The first-order chi connectivity index (χ1) is 8.24. The van der Waals surface area contributed by atoms with Gasteiger partial charge in [0.25, 0.3) is 0 Å². The Hall–Kier alpha value is -1.64. The molecule has 1 N–H and O–H groups in total. The summed E-state index contributed by atoms with van der Waals surface area (Å²) in [4.78, 5) is 4.49. The average molecular weight is 232 g/mol. The lowest BCUT2D eigenvalue weighted by Crippen LogP contribution is -2.01. The summed E-state index contributed by atoms with van der Waals surface area (Å²) in [7, 11) is 0. The first kappa shape index (κ1) is 11.8. The van der Waals surface area contributed by atoms with Crippen LogP contribution >= 0.6 is 0 Å². The molecule has 0 saturated heterocycles. The van der Waals surface area contributed by atoms with E-state index in [9.17, 15) is 4.39 Å². The van der Waals surface area contributed by atoms with Crippen molar-refractivity contribution in [2.75, 3.05) is 11.9 Å². The number of nitrogens with zero attached hydrogens (tertiary/aromatic N) is 1. The van der Waals surface area contributed by atoms with Gasteiger partial charge in [0.05, 0.1) is 5.52 Å². The second-order valence-corrected chi connectivity index (χ2v) is 4.10. The predicted octanol–water partition coefficient (Wildman–Crippen LogP) is 3.76. The van der Waals surface area contributed by atoms with Crippen molar-refractivity contribution < 1.29 is 4.39 Å². The van der Waals surface area contributed by atoms with Gasteiger partial charge in [-0.15, -0.1) is 0 Å². The Kier molecular flexibility index (Phi) is 3.57. The number of aromatic nitrogens is 1. The van der Waals surface area contributed by atoms with E-state index < -0.39 is 0 Å². The minimum atomic E-state index is -0.235. The topological polar surface area (TPSA) is 24.9 Å². The molecular formula is C14H17FN2. The summed E-state index contributed by atoms with van der Waals surface area (Å²) in [6, 6.07) is 6.82. The highest BCUT2D eigenvalue weighted by Gasteiger charge is 2.05. The Morgan fingerprint density at radius 2 is 2.06 bits per heavy atom. The van der Waals surface area contributed by atoms with Crippen LogP contribution in [0.3, 0.4) is 0 Å². The zero-order valence-electron chi connectivity index (χ0n) is 10.3. The highest BCUT2D eigenvalue weighted by atomic mass is 19.1. The molecule has 1 heterocycles. The maximum absolute atomic E-state index is 13.2. The molecule has 1 aromatic carbocycles. The number of aryl methyl sites for hydroxylation is 1. The molecule has 0 bridgehead atoms. The van der Waals surface area contributed by atoms with Gasteiger partial charge in [-0.3, -0.25) is 4.98 Å². The molecule has 0 radical (unpaired) electrons. The van der Waals surface area contributed by atoms with Crippen LogP contribution in [0.4, 0.5) is 10.1 Å². The van der Waals surface area contributed by atoms with Crippen LogP contribution in [0.15, 0.2) is 24.3 Å². The number of hydrogen-bond acceptors (Lipinski definition) is 2. The third kappa shape index (κ3) is 2.54. The van der Waals surface area contributed by atoms with Gasteiger partial charge in [0, 0.05) is 29.4 Å². The molecule has 0 atom stereocenters. The summed E-state index contributed by atoms with van der Waals surface area (Å²) >= 11 is 0. The van der Waals surface area contributed by atoms with E-state index in [2.05, 4.69) is 30.2 Å². The quantitative estimate of drug-likeness (QED) is 0.868. The first-order valence-corrected chi connectivity index (χ1v) is 6.07. The van der Waals surface area contributed by atoms with Crippen LogP contribution in [0.5, 0.6) is 0 Å². The average Bonchev–Trinajstić information content (AvgIpc) is 2.29. The molecule has 0 fully saturated rings. The van der Waals surface area contributed by atoms with Gasteiger partial charge in [0.15, 0.2) is 0 Å². The highest BCUT2D eigenvalue weighted by Crippen LogP contribution is 2.24. The van der Waals surface area contributed by atoms with Crippen LogP contribution in [-0.4, -0.2) is 11.5 Å².